The zero-order valence-electron chi connectivity index (χ0n) is 8.25. The average molecular weight is 180 g/mol. The molecule has 0 spiro atoms. The van der Waals surface area contributed by atoms with Crippen molar-refractivity contribution in [1.29, 1.82) is 0 Å². The number of hydrogen-bond acceptors (Lipinski definition) is 3. The zero-order valence-corrected chi connectivity index (χ0v) is 8.25. The van der Waals surface area contributed by atoms with Gasteiger partial charge in [0.25, 0.3) is 0 Å². The standard InChI is InChI=1S/C9H16N4/c1-12(2)7-8-5-9-6-10-3-4-13(9)11-8/h5,10H,3-4,6-7H2,1-2H3. The molecule has 0 aromatic carbocycles. The molecule has 0 radical (unpaired) electrons. The first-order valence-electron chi connectivity index (χ1n) is 4.67. The van der Waals surface area contributed by atoms with Gasteiger partial charge in [0, 0.05) is 19.6 Å². The summed E-state index contributed by atoms with van der Waals surface area (Å²) in [4.78, 5) is 2.14. The van der Waals surface area contributed by atoms with Crippen molar-refractivity contribution in [2.24, 2.45) is 0 Å². The van der Waals surface area contributed by atoms with Gasteiger partial charge >= 0.3 is 0 Å². The second-order valence-corrected chi connectivity index (χ2v) is 3.76. The van der Waals surface area contributed by atoms with Crippen LogP contribution in [0, 0.1) is 0 Å². The fraction of sp³-hybridized carbons (Fsp3) is 0.667. The van der Waals surface area contributed by atoms with Crippen LogP contribution in [-0.2, 0) is 19.6 Å². The van der Waals surface area contributed by atoms with Crippen molar-refractivity contribution in [1.82, 2.24) is 20.0 Å². The van der Waals surface area contributed by atoms with E-state index in [4.69, 9.17) is 0 Å². The van der Waals surface area contributed by atoms with E-state index in [-0.39, 0.29) is 0 Å². The third-order valence-electron chi connectivity index (χ3n) is 2.20. The first kappa shape index (κ1) is 8.72. The molecule has 2 rings (SSSR count). The van der Waals surface area contributed by atoms with Crippen LogP contribution in [0.1, 0.15) is 11.4 Å². The van der Waals surface area contributed by atoms with Crippen molar-refractivity contribution in [3.63, 3.8) is 0 Å². The van der Waals surface area contributed by atoms with Gasteiger partial charge in [-0.05, 0) is 20.2 Å². The monoisotopic (exact) mass is 180 g/mol. The fourth-order valence-electron chi connectivity index (χ4n) is 1.65. The summed E-state index contributed by atoms with van der Waals surface area (Å²) >= 11 is 0. The molecule has 1 aromatic heterocycles. The Morgan fingerprint density at radius 2 is 2.46 bits per heavy atom. The van der Waals surface area contributed by atoms with Gasteiger partial charge in [-0.15, -0.1) is 0 Å². The number of hydrogen-bond donors (Lipinski definition) is 1. The molecule has 0 bridgehead atoms. The lowest BCUT2D eigenvalue weighted by molar-refractivity contribution is 0.391. The van der Waals surface area contributed by atoms with Crippen LogP contribution >= 0.6 is 0 Å². The van der Waals surface area contributed by atoms with Gasteiger partial charge < -0.3 is 10.2 Å². The highest BCUT2D eigenvalue weighted by Crippen LogP contribution is 2.08. The van der Waals surface area contributed by atoms with Crippen molar-refractivity contribution in [2.45, 2.75) is 19.6 Å². The summed E-state index contributed by atoms with van der Waals surface area (Å²) in [5.74, 6) is 0. The van der Waals surface area contributed by atoms with Crippen LogP contribution in [0.2, 0.25) is 0 Å². The van der Waals surface area contributed by atoms with Crippen LogP contribution in [0.4, 0.5) is 0 Å². The van der Waals surface area contributed by atoms with E-state index in [0.717, 1.165) is 26.2 Å². The molecule has 0 aliphatic carbocycles. The second-order valence-electron chi connectivity index (χ2n) is 3.76. The van der Waals surface area contributed by atoms with E-state index in [1.165, 1.54) is 11.4 Å². The summed E-state index contributed by atoms with van der Waals surface area (Å²) in [6.07, 6.45) is 0. The zero-order chi connectivity index (χ0) is 9.26. The predicted octanol–water partition coefficient (Wildman–Crippen LogP) is 0.0479. The molecule has 1 aromatic rings. The van der Waals surface area contributed by atoms with Crippen molar-refractivity contribution >= 4 is 0 Å². The first-order chi connectivity index (χ1) is 6.25. The molecule has 0 amide bonds. The van der Waals surface area contributed by atoms with Crippen molar-refractivity contribution < 1.29 is 0 Å². The molecule has 0 unspecified atom stereocenters. The number of rotatable bonds is 2. The van der Waals surface area contributed by atoms with Crippen LogP contribution in [-0.4, -0.2) is 35.3 Å². The van der Waals surface area contributed by atoms with E-state index in [1.54, 1.807) is 0 Å². The van der Waals surface area contributed by atoms with Gasteiger partial charge in [-0.25, -0.2) is 0 Å². The van der Waals surface area contributed by atoms with Gasteiger partial charge in [-0.3, -0.25) is 4.68 Å². The molecule has 0 atom stereocenters. The van der Waals surface area contributed by atoms with Gasteiger partial charge in [0.1, 0.15) is 0 Å². The summed E-state index contributed by atoms with van der Waals surface area (Å²) < 4.78 is 2.11. The van der Waals surface area contributed by atoms with Crippen LogP contribution in [0.3, 0.4) is 0 Å². The van der Waals surface area contributed by atoms with Crippen molar-refractivity contribution in [2.75, 3.05) is 20.6 Å². The van der Waals surface area contributed by atoms with Crippen LogP contribution in [0.5, 0.6) is 0 Å². The molecule has 72 valence electrons. The van der Waals surface area contributed by atoms with E-state index < -0.39 is 0 Å². The van der Waals surface area contributed by atoms with Gasteiger partial charge in [-0.2, -0.15) is 5.10 Å². The highest BCUT2D eigenvalue weighted by molar-refractivity contribution is 5.11. The largest absolute Gasteiger partial charge is 0.309 e. The topological polar surface area (TPSA) is 33.1 Å². The Morgan fingerprint density at radius 3 is 3.15 bits per heavy atom. The Hall–Kier alpha value is -0.870. The van der Waals surface area contributed by atoms with E-state index in [2.05, 4.69) is 40.2 Å². The maximum Gasteiger partial charge on any atom is 0.0767 e. The Labute approximate surface area is 78.5 Å². The highest BCUT2D eigenvalue weighted by Gasteiger charge is 2.11. The predicted molar refractivity (Wildman–Crippen MR) is 51.3 cm³/mol. The SMILES string of the molecule is CN(C)Cc1cc2n(n1)CCNC2. The molecule has 0 saturated heterocycles. The number of fused-ring (bicyclic) bond motifs is 1. The maximum atomic E-state index is 4.53. The van der Waals surface area contributed by atoms with E-state index in [9.17, 15) is 0 Å². The summed E-state index contributed by atoms with van der Waals surface area (Å²) in [5, 5.41) is 7.86. The third kappa shape index (κ3) is 1.89. The first-order valence-corrected chi connectivity index (χ1v) is 4.67. The summed E-state index contributed by atoms with van der Waals surface area (Å²) in [5.41, 5.74) is 2.48. The Morgan fingerprint density at radius 1 is 1.62 bits per heavy atom. The normalized spacial score (nSPS) is 16.2. The number of nitrogens with zero attached hydrogens (tertiary/aromatic N) is 3. The van der Waals surface area contributed by atoms with Gasteiger partial charge in [0.2, 0.25) is 0 Å². The molecule has 4 heteroatoms. The molecule has 1 aliphatic heterocycles. The quantitative estimate of drug-likeness (QED) is 0.698. The lowest BCUT2D eigenvalue weighted by atomic mass is 10.3. The molecule has 4 nitrogen and oxygen atoms in total. The molecule has 1 aliphatic rings. The van der Waals surface area contributed by atoms with Gasteiger partial charge in [-0.1, -0.05) is 0 Å². The lowest BCUT2D eigenvalue weighted by Gasteiger charge is -2.13. The van der Waals surface area contributed by atoms with Gasteiger partial charge in [0.15, 0.2) is 0 Å². The van der Waals surface area contributed by atoms with Crippen molar-refractivity contribution in [3.05, 3.63) is 17.5 Å². The van der Waals surface area contributed by atoms with Gasteiger partial charge in [0.05, 0.1) is 17.9 Å². The fourth-order valence-corrected chi connectivity index (χ4v) is 1.65. The number of nitrogens with one attached hydrogen (secondary N) is 1. The summed E-state index contributed by atoms with van der Waals surface area (Å²) in [6, 6.07) is 2.19. The Bertz CT molecular complexity index is 266. The highest BCUT2D eigenvalue weighted by atomic mass is 15.3. The molecule has 1 N–H and O–H groups in total. The van der Waals surface area contributed by atoms with E-state index in [0.29, 0.717) is 0 Å². The molecular weight excluding hydrogens is 164 g/mol. The molecule has 13 heavy (non-hydrogen) atoms. The molecule has 2 heterocycles. The maximum absolute atomic E-state index is 4.53. The lowest BCUT2D eigenvalue weighted by Crippen LogP contribution is -2.28. The average Bonchev–Trinajstić information content (AvgIpc) is 2.44. The Balaban J connectivity index is 2.15. The minimum atomic E-state index is 0.931. The smallest absolute Gasteiger partial charge is 0.0767 e. The minimum absolute atomic E-state index is 0.931. The van der Waals surface area contributed by atoms with Crippen LogP contribution < -0.4 is 5.32 Å². The molecular formula is C9H16N4. The van der Waals surface area contributed by atoms with Crippen molar-refractivity contribution in [3.8, 4) is 0 Å². The Kier molecular flexibility index (Phi) is 2.33. The second kappa shape index (κ2) is 3.47. The summed E-state index contributed by atoms with van der Waals surface area (Å²) in [6.45, 7) is 3.93. The van der Waals surface area contributed by atoms with E-state index >= 15 is 0 Å². The molecule has 0 fully saturated rings. The third-order valence-corrected chi connectivity index (χ3v) is 2.20. The minimum Gasteiger partial charge on any atom is -0.309 e. The molecule has 0 saturated carbocycles. The van der Waals surface area contributed by atoms with Crippen LogP contribution in [0.25, 0.3) is 0 Å². The summed E-state index contributed by atoms with van der Waals surface area (Å²) in [7, 11) is 4.13. The van der Waals surface area contributed by atoms with Crippen LogP contribution in [0.15, 0.2) is 6.07 Å². The van der Waals surface area contributed by atoms with E-state index in [1.807, 2.05) is 0 Å². The number of aromatic nitrogens is 2.